The van der Waals surface area contributed by atoms with Crippen LogP contribution >= 0.6 is 39.3 Å². The van der Waals surface area contributed by atoms with Crippen molar-refractivity contribution < 1.29 is 4.79 Å². The van der Waals surface area contributed by atoms with Crippen LogP contribution in [0.25, 0.3) is 0 Å². The average molecular weight is 481 g/mol. The molecule has 1 heterocycles. The molecule has 0 spiro atoms. The van der Waals surface area contributed by atoms with E-state index in [0.717, 1.165) is 21.8 Å². The third-order valence-corrected chi connectivity index (χ3v) is 5.00. The minimum Gasteiger partial charge on any atom is -0.334 e. The number of benzene rings is 2. The Morgan fingerprint density at radius 3 is 2.89 bits per heavy atom. The molecule has 2 aromatic carbocycles. The highest BCUT2D eigenvalue weighted by Crippen LogP contribution is 2.19. The number of nitrogens with zero attached hydrogens (tertiary/aromatic N) is 4. The van der Waals surface area contributed by atoms with E-state index in [0.29, 0.717) is 15.9 Å². The van der Waals surface area contributed by atoms with Crippen molar-refractivity contribution >= 4 is 63.1 Å². The Morgan fingerprint density at radius 1 is 1.29 bits per heavy atom. The quantitative estimate of drug-likeness (QED) is 0.206. The third kappa shape index (κ3) is 5.72. The van der Waals surface area contributed by atoms with E-state index in [9.17, 15) is 4.79 Å². The van der Waals surface area contributed by atoms with E-state index >= 15 is 0 Å². The fraction of sp³-hybridized carbons (Fsp3) is 0.0588. The van der Waals surface area contributed by atoms with E-state index in [1.54, 1.807) is 30.5 Å². The Balaban J connectivity index is 1.53. The summed E-state index contributed by atoms with van der Waals surface area (Å²) in [6, 6.07) is 14.6. The number of hydrogen-bond donors (Lipinski definition) is 3. The maximum absolute atomic E-state index is 12.1. The summed E-state index contributed by atoms with van der Waals surface area (Å²) in [5.41, 5.74) is 4.25. The van der Waals surface area contributed by atoms with Crippen molar-refractivity contribution in [2.75, 3.05) is 22.3 Å². The molecule has 3 aromatic rings. The largest absolute Gasteiger partial charge is 0.334 e. The Bertz CT molecular complexity index is 1010. The van der Waals surface area contributed by atoms with Gasteiger partial charge in [-0.25, -0.2) is 10.1 Å². The second-order valence-electron chi connectivity index (χ2n) is 5.45. The number of nitrogens with one attached hydrogen (secondary N) is 2. The maximum Gasteiger partial charge on any atom is 0.264 e. The number of carbonyl (C=O) groups is 1. The van der Waals surface area contributed by atoms with Gasteiger partial charge in [-0.05, 0) is 35.9 Å². The van der Waals surface area contributed by atoms with Crippen LogP contribution in [0.5, 0.6) is 0 Å². The van der Waals surface area contributed by atoms with E-state index in [1.807, 2.05) is 24.3 Å². The second-order valence-corrected chi connectivity index (χ2v) is 7.74. The molecule has 144 valence electrons. The highest BCUT2D eigenvalue weighted by molar-refractivity contribution is 9.10. The highest BCUT2D eigenvalue weighted by Gasteiger charge is 2.12. The molecule has 0 saturated carbocycles. The number of carbonyl (C=O) groups excluding carboxylic acids is 1. The van der Waals surface area contributed by atoms with Crippen molar-refractivity contribution in [2.24, 2.45) is 5.10 Å². The summed E-state index contributed by atoms with van der Waals surface area (Å²) in [5.74, 6) is 6.10. The molecule has 0 atom stereocenters. The number of amides is 1. The standard InChI is InChI=1S/C17H15BrClN7OS/c18-12-4-1-3-11(7-12)9-21-23-16-24-25-17(26(16)20)28-10-15(27)22-14-6-2-5-13(19)8-14/h1-9H,10,20H2,(H,22,27)(H,23,24)/b21-9+. The summed E-state index contributed by atoms with van der Waals surface area (Å²) < 4.78 is 2.18. The van der Waals surface area contributed by atoms with Crippen LogP contribution < -0.4 is 16.6 Å². The Kier molecular flexibility index (Phi) is 6.90. The minimum absolute atomic E-state index is 0.114. The monoisotopic (exact) mass is 479 g/mol. The first-order chi connectivity index (χ1) is 13.5. The van der Waals surface area contributed by atoms with Crippen molar-refractivity contribution in [1.82, 2.24) is 14.9 Å². The molecule has 11 heteroatoms. The Hall–Kier alpha value is -2.56. The molecule has 0 aliphatic rings. The molecular weight excluding hydrogens is 466 g/mol. The van der Waals surface area contributed by atoms with E-state index in [2.05, 4.69) is 42.0 Å². The van der Waals surface area contributed by atoms with Crippen molar-refractivity contribution in [3.8, 4) is 0 Å². The van der Waals surface area contributed by atoms with Gasteiger partial charge in [-0.1, -0.05) is 57.5 Å². The van der Waals surface area contributed by atoms with Crippen LogP contribution in [-0.4, -0.2) is 32.7 Å². The highest BCUT2D eigenvalue weighted by atomic mass is 79.9. The number of hydrogen-bond acceptors (Lipinski definition) is 7. The summed E-state index contributed by atoms with van der Waals surface area (Å²) in [5, 5.41) is 15.6. The molecule has 0 aliphatic heterocycles. The molecule has 0 unspecified atom stereocenters. The van der Waals surface area contributed by atoms with Crippen LogP contribution in [0.3, 0.4) is 0 Å². The van der Waals surface area contributed by atoms with Gasteiger partial charge in [-0.15, -0.1) is 10.2 Å². The SMILES string of the molecule is Nn1c(N/N=C/c2cccc(Br)c2)nnc1SCC(=O)Nc1cccc(Cl)c1. The van der Waals surface area contributed by atoms with Crippen molar-refractivity contribution in [3.63, 3.8) is 0 Å². The van der Waals surface area contributed by atoms with Crippen LogP contribution in [0, 0.1) is 0 Å². The maximum atomic E-state index is 12.1. The smallest absolute Gasteiger partial charge is 0.264 e. The van der Waals surface area contributed by atoms with E-state index in [1.165, 1.54) is 4.68 Å². The molecule has 0 fully saturated rings. The lowest BCUT2D eigenvalue weighted by Crippen LogP contribution is -2.16. The fourth-order valence-corrected chi connectivity index (χ4v) is 3.36. The van der Waals surface area contributed by atoms with E-state index < -0.39 is 0 Å². The fourth-order valence-electron chi connectivity index (χ4n) is 2.10. The van der Waals surface area contributed by atoms with E-state index in [4.69, 9.17) is 17.4 Å². The van der Waals surface area contributed by atoms with Crippen molar-refractivity contribution in [2.45, 2.75) is 5.16 Å². The number of hydrazone groups is 1. The molecule has 0 radical (unpaired) electrons. The summed E-state index contributed by atoms with van der Waals surface area (Å²) in [6.45, 7) is 0. The van der Waals surface area contributed by atoms with Crippen LogP contribution in [-0.2, 0) is 4.79 Å². The van der Waals surface area contributed by atoms with E-state index in [-0.39, 0.29) is 17.6 Å². The van der Waals surface area contributed by atoms with Gasteiger partial charge < -0.3 is 11.2 Å². The first kappa shape index (κ1) is 20.2. The number of thioether (sulfide) groups is 1. The van der Waals surface area contributed by atoms with Crippen molar-refractivity contribution in [3.05, 3.63) is 63.6 Å². The normalized spacial score (nSPS) is 10.9. The molecule has 4 N–H and O–H groups in total. The summed E-state index contributed by atoms with van der Waals surface area (Å²) in [6.07, 6.45) is 1.63. The summed E-state index contributed by atoms with van der Waals surface area (Å²) in [7, 11) is 0. The first-order valence-electron chi connectivity index (χ1n) is 7.94. The van der Waals surface area contributed by atoms with Gasteiger partial charge in [-0.3, -0.25) is 4.79 Å². The topological polar surface area (TPSA) is 110 Å². The van der Waals surface area contributed by atoms with Crippen LogP contribution in [0.4, 0.5) is 11.6 Å². The molecule has 3 rings (SSSR count). The molecule has 0 bridgehead atoms. The number of nitrogens with two attached hydrogens (primary N) is 1. The summed E-state index contributed by atoms with van der Waals surface area (Å²) in [4.78, 5) is 12.1. The predicted molar refractivity (Wildman–Crippen MR) is 116 cm³/mol. The lowest BCUT2D eigenvalue weighted by molar-refractivity contribution is -0.113. The minimum atomic E-state index is -0.211. The molecule has 1 amide bonds. The van der Waals surface area contributed by atoms with Gasteiger partial charge in [0.1, 0.15) is 0 Å². The van der Waals surface area contributed by atoms with Gasteiger partial charge >= 0.3 is 0 Å². The molecular formula is C17H15BrClN7OS. The molecule has 28 heavy (non-hydrogen) atoms. The van der Waals surface area contributed by atoms with Crippen LogP contribution in [0.2, 0.25) is 5.02 Å². The Morgan fingerprint density at radius 2 is 2.11 bits per heavy atom. The van der Waals surface area contributed by atoms with Gasteiger partial charge in [-0.2, -0.15) is 5.10 Å². The third-order valence-electron chi connectivity index (χ3n) is 3.33. The van der Waals surface area contributed by atoms with Crippen LogP contribution in [0.1, 0.15) is 5.56 Å². The van der Waals surface area contributed by atoms with Gasteiger partial charge in [0.05, 0.1) is 12.0 Å². The number of halogens is 2. The summed E-state index contributed by atoms with van der Waals surface area (Å²) >= 11 is 10.4. The Labute approximate surface area is 178 Å². The number of aromatic nitrogens is 3. The zero-order valence-electron chi connectivity index (χ0n) is 14.3. The van der Waals surface area contributed by atoms with Gasteiger partial charge in [0, 0.05) is 15.2 Å². The van der Waals surface area contributed by atoms with Gasteiger partial charge in [0.2, 0.25) is 11.1 Å². The zero-order valence-corrected chi connectivity index (χ0v) is 17.5. The number of rotatable bonds is 7. The zero-order chi connectivity index (χ0) is 19.9. The average Bonchev–Trinajstić information content (AvgIpc) is 3.00. The molecule has 8 nitrogen and oxygen atoms in total. The number of anilines is 2. The first-order valence-corrected chi connectivity index (χ1v) is 10.1. The lowest BCUT2D eigenvalue weighted by Gasteiger charge is -2.05. The second kappa shape index (κ2) is 9.58. The molecule has 1 aromatic heterocycles. The lowest BCUT2D eigenvalue weighted by atomic mass is 10.2. The van der Waals surface area contributed by atoms with Crippen molar-refractivity contribution in [1.29, 1.82) is 0 Å². The predicted octanol–water partition coefficient (Wildman–Crippen LogP) is 3.58. The number of nitrogen functional groups attached to an aromatic ring is 1. The van der Waals surface area contributed by atoms with Gasteiger partial charge in [0.25, 0.3) is 5.95 Å². The molecule has 0 aliphatic carbocycles. The van der Waals surface area contributed by atoms with Crippen LogP contribution in [0.15, 0.2) is 63.3 Å². The molecule has 0 saturated heterocycles. The van der Waals surface area contributed by atoms with Gasteiger partial charge in [0.15, 0.2) is 0 Å².